The minimum Gasteiger partial charge on any atom is -0.342 e. The van der Waals surface area contributed by atoms with Gasteiger partial charge in [-0.2, -0.15) is 0 Å². The molecule has 0 aliphatic carbocycles. The van der Waals surface area contributed by atoms with E-state index in [1.54, 1.807) is 0 Å². The lowest BCUT2D eigenvalue weighted by molar-refractivity contribution is -0.139. The van der Waals surface area contributed by atoms with Crippen LogP contribution in [0.15, 0.2) is 54.6 Å². The first-order valence-electron chi connectivity index (χ1n) is 13.1. The first-order valence-corrected chi connectivity index (χ1v) is 13.4. The van der Waals surface area contributed by atoms with E-state index in [9.17, 15) is 9.59 Å². The summed E-state index contributed by atoms with van der Waals surface area (Å²) in [5, 5.41) is 0.726. The summed E-state index contributed by atoms with van der Waals surface area (Å²) in [7, 11) is 0. The van der Waals surface area contributed by atoms with Crippen molar-refractivity contribution >= 4 is 23.4 Å². The van der Waals surface area contributed by atoms with E-state index >= 15 is 0 Å². The molecule has 3 aliphatic rings. The van der Waals surface area contributed by atoms with Gasteiger partial charge in [0.15, 0.2) is 0 Å². The highest BCUT2D eigenvalue weighted by molar-refractivity contribution is 6.30. The molecule has 0 aromatic heterocycles. The summed E-state index contributed by atoms with van der Waals surface area (Å²) >= 11 is 6.02. The summed E-state index contributed by atoms with van der Waals surface area (Å²) in [4.78, 5) is 32.5. The molecule has 35 heavy (non-hydrogen) atoms. The molecule has 0 saturated carbocycles. The second kappa shape index (κ2) is 10.3. The molecule has 0 N–H and O–H groups in total. The summed E-state index contributed by atoms with van der Waals surface area (Å²) in [6.07, 6.45) is 3.39. The highest BCUT2D eigenvalue weighted by Crippen LogP contribution is 2.43. The topological polar surface area (TPSA) is 43.9 Å². The van der Waals surface area contributed by atoms with Crippen molar-refractivity contribution in [1.29, 1.82) is 0 Å². The summed E-state index contributed by atoms with van der Waals surface area (Å²) in [6.45, 7) is 8.02. The highest BCUT2D eigenvalue weighted by atomic mass is 35.5. The SMILES string of the molecule is CCC(=O)N1CC(CN2CCC3(CC2)CCN(Cc2ccc(Cl)cc2)C3=O)[C@@H](c2ccccc2)C1. The van der Waals surface area contributed by atoms with Crippen LogP contribution in [0.25, 0.3) is 0 Å². The van der Waals surface area contributed by atoms with E-state index in [4.69, 9.17) is 11.6 Å². The Morgan fingerprint density at radius 1 is 0.971 bits per heavy atom. The van der Waals surface area contributed by atoms with Crippen molar-refractivity contribution in [3.8, 4) is 0 Å². The zero-order valence-corrected chi connectivity index (χ0v) is 21.4. The molecule has 0 bridgehead atoms. The fourth-order valence-corrected chi connectivity index (χ4v) is 6.50. The lowest BCUT2D eigenvalue weighted by Gasteiger charge is -2.39. The third kappa shape index (κ3) is 5.12. The van der Waals surface area contributed by atoms with Gasteiger partial charge in [-0.1, -0.05) is 61.0 Å². The standard InChI is InChI=1S/C29H36ClN3O2/c1-2-27(34)33-20-24(26(21-33)23-6-4-3-5-7-23)19-31-15-12-29(13-16-31)14-17-32(28(29)35)18-22-8-10-25(30)11-9-22/h3-11,24,26H,2,12-21H2,1H3/t24?,26-/m1/s1. The molecule has 1 unspecified atom stereocenters. The molecule has 3 saturated heterocycles. The van der Waals surface area contributed by atoms with Gasteiger partial charge in [0.25, 0.3) is 0 Å². The highest BCUT2D eigenvalue weighted by Gasteiger charge is 2.48. The van der Waals surface area contributed by atoms with E-state index in [1.807, 2.05) is 36.1 Å². The van der Waals surface area contributed by atoms with Crippen LogP contribution in [0.1, 0.15) is 49.7 Å². The third-order valence-corrected chi connectivity index (χ3v) is 8.77. The number of piperidine rings is 1. The van der Waals surface area contributed by atoms with Crippen LogP contribution >= 0.6 is 11.6 Å². The minimum absolute atomic E-state index is 0.193. The Bertz CT molecular complexity index is 1030. The molecule has 3 heterocycles. The van der Waals surface area contributed by atoms with Crippen LogP contribution in [0.5, 0.6) is 0 Å². The number of carbonyl (C=O) groups excluding carboxylic acids is 2. The lowest BCUT2D eigenvalue weighted by atomic mass is 9.76. The van der Waals surface area contributed by atoms with Crippen molar-refractivity contribution in [3.05, 3.63) is 70.7 Å². The van der Waals surface area contributed by atoms with Gasteiger partial charge >= 0.3 is 0 Å². The van der Waals surface area contributed by atoms with Gasteiger partial charge in [0.1, 0.15) is 0 Å². The molecule has 3 fully saturated rings. The first-order chi connectivity index (χ1) is 17.0. The maximum atomic E-state index is 13.4. The summed E-state index contributed by atoms with van der Waals surface area (Å²) < 4.78 is 0. The lowest BCUT2D eigenvalue weighted by Crippen LogP contribution is -2.46. The van der Waals surface area contributed by atoms with E-state index in [0.29, 0.717) is 30.7 Å². The Labute approximate surface area is 214 Å². The van der Waals surface area contributed by atoms with Gasteiger partial charge < -0.3 is 14.7 Å². The van der Waals surface area contributed by atoms with E-state index in [-0.39, 0.29) is 11.3 Å². The number of amides is 2. The molecule has 2 aromatic carbocycles. The predicted octanol–water partition coefficient (Wildman–Crippen LogP) is 4.81. The number of nitrogens with zero attached hydrogens (tertiary/aromatic N) is 3. The van der Waals surface area contributed by atoms with Gasteiger partial charge in [-0.15, -0.1) is 0 Å². The predicted molar refractivity (Wildman–Crippen MR) is 139 cm³/mol. The zero-order chi connectivity index (χ0) is 24.4. The molecule has 2 atom stereocenters. The van der Waals surface area contributed by atoms with Crippen molar-refractivity contribution in [2.75, 3.05) is 39.3 Å². The maximum Gasteiger partial charge on any atom is 0.229 e. The third-order valence-electron chi connectivity index (χ3n) is 8.52. The monoisotopic (exact) mass is 493 g/mol. The number of hydrogen-bond donors (Lipinski definition) is 0. The maximum absolute atomic E-state index is 13.4. The van der Waals surface area contributed by atoms with E-state index in [2.05, 4.69) is 40.1 Å². The van der Waals surface area contributed by atoms with Gasteiger partial charge in [-0.25, -0.2) is 0 Å². The molecular formula is C29H36ClN3O2. The van der Waals surface area contributed by atoms with Gasteiger partial charge in [0.2, 0.25) is 11.8 Å². The Morgan fingerprint density at radius 2 is 1.66 bits per heavy atom. The molecule has 5 nitrogen and oxygen atoms in total. The molecule has 2 aromatic rings. The quantitative estimate of drug-likeness (QED) is 0.580. The Hall–Kier alpha value is -2.37. The van der Waals surface area contributed by atoms with Crippen molar-refractivity contribution in [2.24, 2.45) is 11.3 Å². The molecule has 186 valence electrons. The van der Waals surface area contributed by atoms with Crippen molar-refractivity contribution in [1.82, 2.24) is 14.7 Å². The van der Waals surface area contributed by atoms with Gasteiger partial charge in [0, 0.05) is 50.1 Å². The average molecular weight is 494 g/mol. The molecule has 0 radical (unpaired) electrons. The van der Waals surface area contributed by atoms with E-state index in [1.165, 1.54) is 5.56 Å². The van der Waals surface area contributed by atoms with Crippen LogP contribution in [0.4, 0.5) is 0 Å². The van der Waals surface area contributed by atoms with Crippen LogP contribution in [0.3, 0.4) is 0 Å². The smallest absolute Gasteiger partial charge is 0.229 e. The molecular weight excluding hydrogens is 458 g/mol. The molecule has 2 amide bonds. The fraction of sp³-hybridized carbons (Fsp3) is 0.517. The molecule has 6 heteroatoms. The van der Waals surface area contributed by atoms with E-state index < -0.39 is 0 Å². The minimum atomic E-state index is -0.193. The number of rotatable bonds is 6. The first kappa shape index (κ1) is 24.3. The number of likely N-dealkylation sites (tertiary alicyclic amines) is 3. The van der Waals surface area contributed by atoms with Gasteiger partial charge in [-0.3, -0.25) is 9.59 Å². The molecule has 3 aliphatic heterocycles. The number of halogens is 1. The van der Waals surface area contributed by atoms with Crippen molar-refractivity contribution in [3.63, 3.8) is 0 Å². The Morgan fingerprint density at radius 3 is 2.34 bits per heavy atom. The summed E-state index contributed by atoms with van der Waals surface area (Å²) in [6, 6.07) is 18.5. The average Bonchev–Trinajstić information content (AvgIpc) is 3.44. The van der Waals surface area contributed by atoms with Crippen molar-refractivity contribution < 1.29 is 9.59 Å². The number of hydrogen-bond acceptors (Lipinski definition) is 3. The van der Waals surface area contributed by atoms with Crippen LogP contribution in [-0.4, -0.2) is 65.8 Å². The van der Waals surface area contributed by atoms with Crippen molar-refractivity contribution in [2.45, 2.75) is 45.1 Å². The van der Waals surface area contributed by atoms with Gasteiger partial charge in [-0.05, 0) is 61.5 Å². The second-order valence-electron chi connectivity index (χ2n) is 10.6. The van der Waals surface area contributed by atoms with Crippen LogP contribution in [0.2, 0.25) is 5.02 Å². The normalized spacial score (nSPS) is 24.5. The Kier molecular flexibility index (Phi) is 7.17. The molecule has 1 spiro atoms. The second-order valence-corrected chi connectivity index (χ2v) is 11.1. The fourth-order valence-electron chi connectivity index (χ4n) is 6.37. The summed E-state index contributed by atoms with van der Waals surface area (Å²) in [5.74, 6) is 1.39. The van der Waals surface area contributed by atoms with Crippen LogP contribution in [-0.2, 0) is 16.1 Å². The van der Waals surface area contributed by atoms with Gasteiger partial charge in [0.05, 0.1) is 5.41 Å². The van der Waals surface area contributed by atoms with E-state index in [0.717, 1.165) is 69.1 Å². The Balaban J connectivity index is 1.20. The largest absolute Gasteiger partial charge is 0.342 e. The number of benzene rings is 2. The molecule has 5 rings (SSSR count). The van der Waals surface area contributed by atoms with Crippen LogP contribution < -0.4 is 0 Å². The zero-order valence-electron chi connectivity index (χ0n) is 20.7. The summed E-state index contributed by atoms with van der Waals surface area (Å²) in [5.41, 5.74) is 2.28. The number of carbonyl (C=O) groups is 2. The van der Waals surface area contributed by atoms with Crippen LogP contribution in [0, 0.1) is 11.3 Å².